The molecule has 0 heterocycles. The van der Waals surface area contributed by atoms with Crippen molar-refractivity contribution in [1.29, 1.82) is 0 Å². The first-order chi connectivity index (χ1) is 14.0. The Labute approximate surface area is 166 Å². The van der Waals surface area contributed by atoms with E-state index in [4.69, 9.17) is 4.74 Å². The minimum Gasteiger partial charge on any atom is -0.494 e. The number of halogens is 4. The summed E-state index contributed by atoms with van der Waals surface area (Å²) in [5.74, 6) is -2.69. The van der Waals surface area contributed by atoms with Crippen molar-refractivity contribution < 1.29 is 22.3 Å². The number of hydrogen-bond donors (Lipinski definition) is 0. The Kier molecular flexibility index (Phi) is 5.14. The SMILES string of the molecule is CCCOc1ccc(-c2cc(F)c(C3=Cc4cc(F)c(F)cc4C3)c(F)c2)cc1. The normalized spacial score (nSPS) is 12.7. The third kappa shape index (κ3) is 3.77. The predicted molar refractivity (Wildman–Crippen MR) is 106 cm³/mol. The van der Waals surface area contributed by atoms with E-state index in [-0.39, 0.29) is 12.0 Å². The second-order valence-electron chi connectivity index (χ2n) is 7.00. The Morgan fingerprint density at radius 2 is 1.45 bits per heavy atom. The Bertz CT molecular complexity index is 1080. The van der Waals surface area contributed by atoms with Crippen LogP contribution in [-0.2, 0) is 6.42 Å². The van der Waals surface area contributed by atoms with Crippen LogP contribution in [0.15, 0.2) is 48.5 Å². The van der Waals surface area contributed by atoms with Gasteiger partial charge in [-0.2, -0.15) is 0 Å². The highest BCUT2D eigenvalue weighted by Gasteiger charge is 2.22. The van der Waals surface area contributed by atoms with Crippen molar-refractivity contribution in [2.45, 2.75) is 19.8 Å². The molecule has 0 unspecified atom stereocenters. The molecule has 0 amide bonds. The third-order valence-electron chi connectivity index (χ3n) is 4.92. The highest BCUT2D eigenvalue weighted by atomic mass is 19.2. The van der Waals surface area contributed by atoms with Crippen LogP contribution in [0.1, 0.15) is 30.0 Å². The van der Waals surface area contributed by atoms with Gasteiger partial charge in [0.05, 0.1) is 6.61 Å². The van der Waals surface area contributed by atoms with Crippen molar-refractivity contribution in [3.8, 4) is 16.9 Å². The van der Waals surface area contributed by atoms with Crippen LogP contribution >= 0.6 is 0 Å². The second-order valence-corrected chi connectivity index (χ2v) is 7.00. The Hall–Kier alpha value is -3.08. The van der Waals surface area contributed by atoms with Crippen LogP contribution in [0.4, 0.5) is 17.6 Å². The van der Waals surface area contributed by atoms with E-state index in [0.717, 1.165) is 18.6 Å². The molecule has 1 nitrogen and oxygen atoms in total. The molecule has 0 aromatic heterocycles. The van der Waals surface area contributed by atoms with Crippen LogP contribution < -0.4 is 4.74 Å². The van der Waals surface area contributed by atoms with Crippen LogP contribution in [0, 0.1) is 23.3 Å². The van der Waals surface area contributed by atoms with Crippen molar-refractivity contribution in [2.24, 2.45) is 0 Å². The van der Waals surface area contributed by atoms with Gasteiger partial charge in [-0.25, -0.2) is 17.6 Å². The molecular formula is C24H18F4O. The molecule has 0 bridgehead atoms. The molecule has 3 aromatic carbocycles. The zero-order chi connectivity index (χ0) is 20.5. The van der Waals surface area contributed by atoms with Gasteiger partial charge < -0.3 is 4.74 Å². The summed E-state index contributed by atoms with van der Waals surface area (Å²) in [6.45, 7) is 2.61. The summed E-state index contributed by atoms with van der Waals surface area (Å²) >= 11 is 0. The molecule has 1 aliphatic rings. The molecule has 5 heteroatoms. The van der Waals surface area contributed by atoms with Crippen LogP contribution in [0.5, 0.6) is 5.75 Å². The standard InChI is InChI=1S/C24H18F4O/c1-2-7-29-19-5-3-14(4-6-19)17-12-22(27)24(23(28)13-17)18-8-15-10-20(25)21(26)11-16(15)9-18/h3-6,8,10-13H,2,7,9H2,1H3. The topological polar surface area (TPSA) is 9.23 Å². The quantitative estimate of drug-likeness (QED) is 0.430. The summed E-state index contributed by atoms with van der Waals surface area (Å²) in [5.41, 5.74) is 2.18. The van der Waals surface area contributed by atoms with Crippen LogP contribution in [0.3, 0.4) is 0 Å². The molecule has 0 radical (unpaired) electrons. The largest absolute Gasteiger partial charge is 0.494 e. The van der Waals surface area contributed by atoms with Gasteiger partial charge in [0.2, 0.25) is 0 Å². The summed E-state index contributed by atoms with van der Waals surface area (Å²) in [4.78, 5) is 0. The monoisotopic (exact) mass is 398 g/mol. The summed E-state index contributed by atoms with van der Waals surface area (Å²) in [6, 6.07) is 11.7. The van der Waals surface area contributed by atoms with Crippen molar-refractivity contribution in [2.75, 3.05) is 6.61 Å². The number of benzene rings is 3. The van der Waals surface area contributed by atoms with E-state index in [1.807, 2.05) is 6.92 Å². The van der Waals surface area contributed by atoms with Crippen molar-refractivity contribution in [3.63, 3.8) is 0 Å². The summed E-state index contributed by atoms with van der Waals surface area (Å²) in [7, 11) is 0. The highest BCUT2D eigenvalue weighted by Crippen LogP contribution is 2.37. The van der Waals surface area contributed by atoms with E-state index < -0.39 is 23.3 Å². The first kappa shape index (κ1) is 19.2. The average molecular weight is 398 g/mol. The van der Waals surface area contributed by atoms with Gasteiger partial charge in [-0.05, 0) is 77.1 Å². The van der Waals surface area contributed by atoms with E-state index in [1.54, 1.807) is 24.3 Å². The number of rotatable bonds is 5. The van der Waals surface area contributed by atoms with Gasteiger partial charge >= 0.3 is 0 Å². The van der Waals surface area contributed by atoms with E-state index in [1.165, 1.54) is 18.2 Å². The Balaban J connectivity index is 1.64. The van der Waals surface area contributed by atoms with Crippen molar-refractivity contribution >= 4 is 11.6 Å². The van der Waals surface area contributed by atoms with Gasteiger partial charge in [-0.3, -0.25) is 0 Å². The molecule has 0 atom stereocenters. The smallest absolute Gasteiger partial charge is 0.159 e. The third-order valence-corrected chi connectivity index (χ3v) is 4.92. The lowest BCUT2D eigenvalue weighted by atomic mass is 9.97. The maximum Gasteiger partial charge on any atom is 0.159 e. The minimum atomic E-state index is -0.982. The van der Waals surface area contributed by atoms with Gasteiger partial charge in [-0.15, -0.1) is 0 Å². The van der Waals surface area contributed by atoms with E-state index >= 15 is 0 Å². The highest BCUT2D eigenvalue weighted by molar-refractivity contribution is 5.89. The molecule has 1 aliphatic carbocycles. The van der Waals surface area contributed by atoms with Gasteiger partial charge in [0, 0.05) is 5.56 Å². The molecule has 3 aromatic rings. The molecule has 29 heavy (non-hydrogen) atoms. The molecule has 0 spiro atoms. The Morgan fingerprint density at radius 3 is 2.10 bits per heavy atom. The molecular weight excluding hydrogens is 380 g/mol. The fraction of sp³-hybridized carbons (Fsp3) is 0.167. The zero-order valence-electron chi connectivity index (χ0n) is 15.7. The molecule has 4 rings (SSSR count). The predicted octanol–water partition coefficient (Wildman–Crippen LogP) is 6.80. The van der Waals surface area contributed by atoms with E-state index in [9.17, 15) is 17.6 Å². The summed E-state index contributed by atoms with van der Waals surface area (Å²) in [5, 5.41) is 0. The average Bonchev–Trinajstić information content (AvgIpc) is 3.08. The van der Waals surface area contributed by atoms with Crippen molar-refractivity contribution in [1.82, 2.24) is 0 Å². The van der Waals surface area contributed by atoms with Gasteiger partial charge in [0.15, 0.2) is 11.6 Å². The summed E-state index contributed by atoms with van der Waals surface area (Å²) < 4.78 is 62.0. The minimum absolute atomic E-state index is 0.142. The lowest BCUT2D eigenvalue weighted by molar-refractivity contribution is 0.317. The number of fused-ring (bicyclic) bond motifs is 1. The number of hydrogen-bond acceptors (Lipinski definition) is 1. The Morgan fingerprint density at radius 1 is 0.793 bits per heavy atom. The molecule has 0 saturated carbocycles. The van der Waals surface area contributed by atoms with Crippen LogP contribution in [-0.4, -0.2) is 6.61 Å². The van der Waals surface area contributed by atoms with Crippen molar-refractivity contribution in [3.05, 3.63) is 88.5 Å². The maximum atomic E-state index is 14.8. The molecule has 0 aliphatic heterocycles. The van der Waals surface area contributed by atoms with Gasteiger partial charge in [0.1, 0.15) is 17.4 Å². The number of ether oxygens (including phenoxy) is 1. The van der Waals surface area contributed by atoms with Gasteiger partial charge in [-0.1, -0.05) is 25.1 Å². The second kappa shape index (κ2) is 7.74. The molecule has 0 fully saturated rings. The fourth-order valence-electron chi connectivity index (χ4n) is 3.51. The van der Waals surface area contributed by atoms with E-state index in [2.05, 4.69) is 0 Å². The summed E-state index contributed by atoms with van der Waals surface area (Å²) in [6.07, 6.45) is 2.53. The molecule has 0 N–H and O–H groups in total. The first-order valence-electron chi connectivity index (χ1n) is 9.37. The number of allylic oxidation sites excluding steroid dienone is 1. The van der Waals surface area contributed by atoms with Gasteiger partial charge in [0.25, 0.3) is 0 Å². The maximum absolute atomic E-state index is 14.8. The lowest BCUT2D eigenvalue weighted by Gasteiger charge is -2.10. The van der Waals surface area contributed by atoms with Crippen LogP contribution in [0.25, 0.3) is 22.8 Å². The first-order valence-corrected chi connectivity index (χ1v) is 9.37. The fourth-order valence-corrected chi connectivity index (χ4v) is 3.51. The van der Waals surface area contributed by atoms with Crippen LogP contribution in [0.2, 0.25) is 0 Å². The lowest BCUT2D eigenvalue weighted by Crippen LogP contribution is -1.98. The zero-order valence-corrected chi connectivity index (χ0v) is 15.7. The van der Waals surface area contributed by atoms with E-state index in [0.29, 0.717) is 40.2 Å². The molecule has 148 valence electrons. The molecule has 0 saturated heterocycles.